The second-order valence-corrected chi connectivity index (χ2v) is 15.2. The normalized spacial score (nSPS) is 15.6. The molecule has 0 bridgehead atoms. The van der Waals surface area contributed by atoms with E-state index in [4.69, 9.17) is 0 Å². The molecule has 2 amide bonds. The minimum atomic E-state index is -4.81. The van der Waals surface area contributed by atoms with Gasteiger partial charge in [0.2, 0.25) is 5.91 Å². The van der Waals surface area contributed by atoms with E-state index in [-0.39, 0.29) is 17.2 Å². The van der Waals surface area contributed by atoms with Crippen molar-refractivity contribution >= 4 is 19.9 Å². The molecule has 34 heavy (non-hydrogen) atoms. The number of carbonyl (C=O) groups excluding carboxylic acids is 2. The third kappa shape index (κ3) is 7.09. The maximum absolute atomic E-state index is 13.0. The van der Waals surface area contributed by atoms with Crippen LogP contribution in [0.5, 0.6) is 5.75 Å². The number of nitriles is 1. The van der Waals surface area contributed by atoms with Gasteiger partial charge in [0.1, 0.15) is 17.3 Å². The molecule has 0 aliphatic heterocycles. The molecule has 0 aromatic heterocycles. The van der Waals surface area contributed by atoms with Gasteiger partial charge in [-0.1, -0.05) is 43.9 Å². The molecule has 6 nitrogen and oxygen atoms in total. The molecule has 1 unspecified atom stereocenters. The van der Waals surface area contributed by atoms with Crippen molar-refractivity contribution in [1.29, 1.82) is 5.26 Å². The zero-order chi connectivity index (χ0) is 25.1. The van der Waals surface area contributed by atoms with Crippen molar-refractivity contribution in [3.05, 3.63) is 54.1 Å². The summed E-state index contributed by atoms with van der Waals surface area (Å²) in [4.78, 5) is 25.9. The zero-order valence-corrected chi connectivity index (χ0v) is 20.1. The lowest BCUT2D eigenvalue weighted by Crippen LogP contribution is -2.52. The highest BCUT2D eigenvalue weighted by Gasteiger charge is 2.46. The van der Waals surface area contributed by atoms with Gasteiger partial charge in [0, 0.05) is 13.6 Å². The molecule has 1 saturated carbocycles. The highest BCUT2D eigenvalue weighted by atomic mass is 28.3. The quantitative estimate of drug-likeness (QED) is 0.518. The van der Waals surface area contributed by atoms with Gasteiger partial charge in [-0.05, 0) is 54.3 Å². The predicted octanol–water partition coefficient (Wildman–Crippen LogP) is 4.86. The maximum Gasteiger partial charge on any atom is 0.573 e. The Kier molecular flexibility index (Phi) is 7.07. The van der Waals surface area contributed by atoms with Crippen LogP contribution in [-0.4, -0.2) is 37.8 Å². The minimum absolute atomic E-state index is 0.259. The van der Waals surface area contributed by atoms with E-state index in [0.29, 0.717) is 30.0 Å². The Morgan fingerprint density at radius 2 is 1.74 bits per heavy atom. The van der Waals surface area contributed by atoms with Crippen LogP contribution < -0.4 is 15.4 Å². The van der Waals surface area contributed by atoms with E-state index in [1.807, 2.05) is 0 Å². The average Bonchev–Trinajstić information content (AvgIpc) is 3.51. The molecule has 3 rings (SSSR count). The summed E-state index contributed by atoms with van der Waals surface area (Å²) >= 11 is 0. The third-order valence-electron chi connectivity index (χ3n) is 5.29. The molecule has 0 spiro atoms. The first-order valence-electron chi connectivity index (χ1n) is 10.8. The van der Waals surface area contributed by atoms with Gasteiger partial charge in [0.05, 0.1) is 6.07 Å². The Bertz CT molecular complexity index is 1120. The van der Waals surface area contributed by atoms with Crippen LogP contribution in [0.2, 0.25) is 25.7 Å². The number of carbonyl (C=O) groups is 2. The van der Waals surface area contributed by atoms with Gasteiger partial charge in [-0.3, -0.25) is 9.59 Å². The SMILES string of the molecule is C[Si](C)(C)CC(NC(=O)c1cccc(-c2cccc(OC(F)(F)F)c2)c1)C(=O)NC1(C#N)CC1. The lowest BCUT2D eigenvalue weighted by molar-refractivity contribution is -0.274. The Hall–Kier alpha value is -3.32. The minimum Gasteiger partial charge on any atom is -0.406 e. The molecule has 1 fully saturated rings. The van der Waals surface area contributed by atoms with E-state index in [9.17, 15) is 28.0 Å². The van der Waals surface area contributed by atoms with Crippen molar-refractivity contribution in [2.24, 2.45) is 0 Å². The Morgan fingerprint density at radius 1 is 1.12 bits per heavy atom. The van der Waals surface area contributed by atoms with Crippen LogP contribution in [0.25, 0.3) is 11.1 Å². The lowest BCUT2D eigenvalue weighted by Gasteiger charge is -2.26. The van der Waals surface area contributed by atoms with Gasteiger partial charge in [-0.25, -0.2) is 0 Å². The largest absolute Gasteiger partial charge is 0.573 e. The number of hydrogen-bond acceptors (Lipinski definition) is 4. The van der Waals surface area contributed by atoms with E-state index in [2.05, 4.69) is 41.1 Å². The molecule has 0 heterocycles. The van der Waals surface area contributed by atoms with Crippen molar-refractivity contribution in [3.8, 4) is 22.9 Å². The molecule has 2 aromatic carbocycles. The van der Waals surface area contributed by atoms with Crippen LogP contribution in [0.1, 0.15) is 23.2 Å². The number of hydrogen-bond donors (Lipinski definition) is 2. The van der Waals surface area contributed by atoms with Crippen LogP contribution in [0.4, 0.5) is 13.2 Å². The Morgan fingerprint density at radius 3 is 2.29 bits per heavy atom. The molecule has 10 heteroatoms. The van der Waals surface area contributed by atoms with Crippen molar-refractivity contribution in [2.45, 2.75) is 56.5 Å². The van der Waals surface area contributed by atoms with Gasteiger partial charge < -0.3 is 15.4 Å². The molecular formula is C24H26F3N3O3Si. The van der Waals surface area contributed by atoms with Crippen LogP contribution in [-0.2, 0) is 4.79 Å². The van der Waals surface area contributed by atoms with Crippen molar-refractivity contribution in [3.63, 3.8) is 0 Å². The summed E-state index contributed by atoms with van der Waals surface area (Å²) in [6.45, 7) is 6.23. The van der Waals surface area contributed by atoms with Gasteiger partial charge in [0.25, 0.3) is 5.91 Å². The predicted molar refractivity (Wildman–Crippen MR) is 124 cm³/mol. The highest BCUT2D eigenvalue weighted by molar-refractivity contribution is 6.76. The molecule has 2 N–H and O–H groups in total. The molecule has 0 saturated heterocycles. The average molecular weight is 490 g/mol. The van der Waals surface area contributed by atoms with E-state index in [1.54, 1.807) is 30.3 Å². The lowest BCUT2D eigenvalue weighted by atomic mass is 10.0. The fraction of sp³-hybridized carbons (Fsp3) is 0.375. The van der Waals surface area contributed by atoms with Crippen molar-refractivity contribution in [1.82, 2.24) is 10.6 Å². The first-order valence-corrected chi connectivity index (χ1v) is 14.5. The molecule has 1 aliphatic carbocycles. The van der Waals surface area contributed by atoms with Gasteiger partial charge in [-0.2, -0.15) is 5.26 Å². The first-order chi connectivity index (χ1) is 15.8. The second kappa shape index (κ2) is 9.50. The number of nitrogens with one attached hydrogen (secondary N) is 2. The first kappa shape index (κ1) is 25.3. The standard InChI is InChI=1S/C24H26F3N3O3Si/c1-34(2,3)14-20(22(32)30-23(15-28)10-11-23)29-21(31)18-8-4-6-16(12-18)17-7-5-9-19(13-17)33-24(25,26)27/h4-9,12-13,20H,10-11,14H2,1-3H3,(H,29,31)(H,30,32). The molecule has 0 radical (unpaired) electrons. The number of nitrogens with zero attached hydrogens (tertiary/aromatic N) is 1. The Balaban J connectivity index is 1.79. The van der Waals surface area contributed by atoms with Crippen LogP contribution >= 0.6 is 0 Å². The van der Waals surface area contributed by atoms with E-state index in [1.165, 1.54) is 18.2 Å². The Labute approximate surface area is 197 Å². The smallest absolute Gasteiger partial charge is 0.406 e. The fourth-order valence-electron chi connectivity index (χ4n) is 3.49. The maximum atomic E-state index is 13.0. The monoisotopic (exact) mass is 489 g/mol. The molecule has 2 aromatic rings. The van der Waals surface area contributed by atoms with Gasteiger partial charge in [0.15, 0.2) is 0 Å². The second-order valence-electron chi connectivity index (χ2n) is 9.63. The molecule has 180 valence electrons. The number of halogens is 3. The van der Waals surface area contributed by atoms with Crippen LogP contribution in [0.3, 0.4) is 0 Å². The number of ether oxygens (including phenoxy) is 1. The van der Waals surface area contributed by atoms with Crippen LogP contribution in [0.15, 0.2) is 48.5 Å². The summed E-state index contributed by atoms with van der Waals surface area (Å²) in [6, 6.07) is 13.7. The fourth-order valence-corrected chi connectivity index (χ4v) is 5.00. The summed E-state index contributed by atoms with van der Waals surface area (Å²) in [5, 5.41) is 14.8. The summed E-state index contributed by atoms with van der Waals surface area (Å²) in [6.07, 6.45) is -3.64. The topological polar surface area (TPSA) is 91.2 Å². The number of alkyl halides is 3. The van der Waals surface area contributed by atoms with Crippen molar-refractivity contribution < 1.29 is 27.5 Å². The number of rotatable bonds is 8. The summed E-state index contributed by atoms with van der Waals surface area (Å²) < 4.78 is 41.6. The third-order valence-corrected chi connectivity index (χ3v) is 6.92. The summed E-state index contributed by atoms with van der Waals surface area (Å²) in [7, 11) is -1.77. The van der Waals surface area contributed by atoms with E-state index in [0.717, 1.165) is 0 Å². The van der Waals surface area contributed by atoms with E-state index >= 15 is 0 Å². The molecular weight excluding hydrogens is 463 g/mol. The van der Waals surface area contributed by atoms with Crippen LogP contribution in [0, 0.1) is 11.3 Å². The number of benzene rings is 2. The summed E-state index contributed by atoms with van der Waals surface area (Å²) in [5.74, 6) is -1.23. The molecule has 1 aliphatic rings. The zero-order valence-electron chi connectivity index (χ0n) is 19.1. The van der Waals surface area contributed by atoms with E-state index < -0.39 is 31.9 Å². The van der Waals surface area contributed by atoms with Gasteiger partial charge >= 0.3 is 6.36 Å². The number of amides is 2. The van der Waals surface area contributed by atoms with Crippen molar-refractivity contribution in [2.75, 3.05) is 0 Å². The summed E-state index contributed by atoms with van der Waals surface area (Å²) in [5.41, 5.74) is 0.378. The highest BCUT2D eigenvalue weighted by Crippen LogP contribution is 2.34. The van der Waals surface area contributed by atoms with Gasteiger partial charge in [-0.15, -0.1) is 13.2 Å². The molecule has 1 atom stereocenters.